The Morgan fingerprint density at radius 3 is 2.29 bits per heavy atom. The van der Waals surface area contributed by atoms with Gasteiger partial charge in [0.25, 0.3) is 0 Å². The van der Waals surface area contributed by atoms with Crippen LogP contribution in [0.3, 0.4) is 0 Å². The highest BCUT2D eigenvalue weighted by Gasteiger charge is 2.10. The van der Waals surface area contributed by atoms with Crippen molar-refractivity contribution in [3.63, 3.8) is 0 Å². The first kappa shape index (κ1) is 13.2. The number of hydrogen-bond acceptors (Lipinski definition) is 0. The second-order valence-electron chi connectivity index (χ2n) is 3.55. The van der Waals surface area contributed by atoms with Gasteiger partial charge in [0.05, 0.1) is 10.0 Å². The van der Waals surface area contributed by atoms with Crippen molar-refractivity contribution in [1.29, 1.82) is 0 Å². The van der Waals surface area contributed by atoms with E-state index in [0.29, 0.717) is 15.1 Å². The highest BCUT2D eigenvalue weighted by molar-refractivity contribution is 9.08. The van der Waals surface area contributed by atoms with Crippen LogP contribution in [0.2, 0.25) is 15.1 Å². The number of benzene rings is 2. The largest absolute Gasteiger partial charge is 0.0876 e. The summed E-state index contributed by atoms with van der Waals surface area (Å²) in [5.41, 5.74) is 2.87. The summed E-state index contributed by atoms with van der Waals surface area (Å²) in [7, 11) is 0. The van der Waals surface area contributed by atoms with E-state index >= 15 is 0 Å². The van der Waals surface area contributed by atoms with Gasteiger partial charge in [0.1, 0.15) is 0 Å². The molecular weight excluding hydrogens is 342 g/mol. The highest BCUT2D eigenvalue weighted by Crippen LogP contribution is 2.37. The molecule has 0 fully saturated rings. The maximum Gasteiger partial charge on any atom is 0.0671 e. The van der Waals surface area contributed by atoms with E-state index in [2.05, 4.69) is 15.9 Å². The summed E-state index contributed by atoms with van der Waals surface area (Å²) in [5.74, 6) is 0. The van der Waals surface area contributed by atoms with E-state index < -0.39 is 0 Å². The number of halogens is 4. The van der Waals surface area contributed by atoms with Crippen LogP contribution in [-0.2, 0) is 5.33 Å². The molecule has 0 radical (unpaired) electrons. The Kier molecular flexibility index (Phi) is 4.37. The van der Waals surface area contributed by atoms with E-state index in [9.17, 15) is 0 Å². The molecule has 0 spiro atoms. The predicted molar refractivity (Wildman–Crippen MR) is 79.5 cm³/mol. The first-order chi connectivity index (χ1) is 8.13. The lowest BCUT2D eigenvalue weighted by atomic mass is 10.0. The van der Waals surface area contributed by atoms with Gasteiger partial charge in [0.2, 0.25) is 0 Å². The molecule has 17 heavy (non-hydrogen) atoms. The predicted octanol–water partition coefficient (Wildman–Crippen LogP) is 6.21. The van der Waals surface area contributed by atoms with Crippen molar-refractivity contribution in [3.05, 3.63) is 57.0 Å². The Balaban J connectivity index is 2.57. The van der Waals surface area contributed by atoms with Crippen molar-refractivity contribution in [2.75, 3.05) is 0 Å². The van der Waals surface area contributed by atoms with Gasteiger partial charge in [-0.1, -0.05) is 75.0 Å². The summed E-state index contributed by atoms with van der Waals surface area (Å²) < 4.78 is 0. The van der Waals surface area contributed by atoms with Crippen molar-refractivity contribution in [3.8, 4) is 11.1 Å². The molecule has 0 bridgehead atoms. The molecule has 0 amide bonds. The van der Waals surface area contributed by atoms with E-state index in [1.165, 1.54) is 0 Å². The van der Waals surface area contributed by atoms with Gasteiger partial charge in [-0.25, -0.2) is 0 Å². The lowest BCUT2D eigenvalue weighted by Gasteiger charge is -2.09. The molecular formula is C13H8BrCl3. The second kappa shape index (κ2) is 5.62. The lowest BCUT2D eigenvalue weighted by molar-refractivity contribution is 1.43. The van der Waals surface area contributed by atoms with Gasteiger partial charge in [-0.2, -0.15) is 0 Å². The summed E-state index contributed by atoms with van der Waals surface area (Å²) >= 11 is 21.8. The Labute approximate surface area is 124 Å². The van der Waals surface area contributed by atoms with Crippen LogP contribution in [0.1, 0.15) is 5.56 Å². The summed E-state index contributed by atoms with van der Waals surface area (Å²) in [5, 5.41) is 2.51. The van der Waals surface area contributed by atoms with Gasteiger partial charge >= 0.3 is 0 Å². The normalized spacial score (nSPS) is 10.6. The van der Waals surface area contributed by atoms with Crippen LogP contribution >= 0.6 is 50.7 Å². The fourth-order valence-corrected chi connectivity index (χ4v) is 2.63. The van der Waals surface area contributed by atoms with Crippen LogP contribution < -0.4 is 0 Å². The van der Waals surface area contributed by atoms with Gasteiger partial charge in [-0.05, 0) is 17.7 Å². The molecule has 0 saturated carbocycles. The minimum Gasteiger partial charge on any atom is -0.0876 e. The zero-order valence-corrected chi connectivity index (χ0v) is 12.5. The molecule has 0 heterocycles. The van der Waals surface area contributed by atoms with Crippen LogP contribution in [0.25, 0.3) is 11.1 Å². The molecule has 2 aromatic rings. The zero-order valence-electron chi connectivity index (χ0n) is 8.68. The van der Waals surface area contributed by atoms with Gasteiger partial charge in [0, 0.05) is 21.5 Å². The molecule has 0 aliphatic carbocycles. The fourth-order valence-electron chi connectivity index (χ4n) is 1.57. The average Bonchev–Trinajstić information content (AvgIpc) is 2.33. The number of hydrogen-bond donors (Lipinski definition) is 0. The Hall–Kier alpha value is -0.210. The van der Waals surface area contributed by atoms with Crippen molar-refractivity contribution in [1.82, 2.24) is 0 Å². The average molecular weight is 350 g/mol. The second-order valence-corrected chi connectivity index (χ2v) is 5.30. The third-order valence-corrected chi connectivity index (χ3v) is 4.21. The third-order valence-electron chi connectivity index (χ3n) is 2.43. The Morgan fingerprint density at radius 1 is 0.882 bits per heavy atom. The third kappa shape index (κ3) is 2.79. The van der Waals surface area contributed by atoms with Gasteiger partial charge in [-0.3, -0.25) is 0 Å². The number of rotatable bonds is 2. The monoisotopic (exact) mass is 348 g/mol. The minimum absolute atomic E-state index is 0.530. The summed E-state index contributed by atoms with van der Waals surface area (Å²) in [6, 6.07) is 11.4. The summed E-state index contributed by atoms with van der Waals surface area (Å²) in [6.07, 6.45) is 0. The molecule has 88 valence electrons. The minimum atomic E-state index is 0.530. The Bertz CT molecular complexity index is 552. The van der Waals surface area contributed by atoms with Crippen molar-refractivity contribution < 1.29 is 0 Å². The van der Waals surface area contributed by atoms with Crippen LogP contribution in [-0.4, -0.2) is 0 Å². The molecule has 0 nitrogen and oxygen atoms in total. The molecule has 0 aliphatic rings. The molecule has 4 heteroatoms. The molecule has 0 unspecified atom stereocenters. The van der Waals surface area contributed by atoms with Crippen LogP contribution in [0.4, 0.5) is 0 Å². The quantitative estimate of drug-likeness (QED) is 0.565. The topological polar surface area (TPSA) is 0 Å². The maximum absolute atomic E-state index is 6.24. The lowest BCUT2D eigenvalue weighted by Crippen LogP contribution is -1.84. The summed E-state index contributed by atoms with van der Waals surface area (Å²) in [4.78, 5) is 0. The number of alkyl halides is 1. The van der Waals surface area contributed by atoms with Gasteiger partial charge in [-0.15, -0.1) is 0 Å². The van der Waals surface area contributed by atoms with Crippen LogP contribution in [0.15, 0.2) is 36.4 Å². The van der Waals surface area contributed by atoms with E-state index in [0.717, 1.165) is 22.0 Å². The van der Waals surface area contributed by atoms with E-state index in [1.54, 1.807) is 6.07 Å². The summed E-state index contributed by atoms with van der Waals surface area (Å²) in [6.45, 7) is 0. The molecule has 0 saturated heterocycles. The van der Waals surface area contributed by atoms with Gasteiger partial charge < -0.3 is 0 Å². The van der Waals surface area contributed by atoms with Crippen molar-refractivity contribution in [2.45, 2.75) is 5.33 Å². The molecule has 2 rings (SSSR count). The molecule has 0 aliphatic heterocycles. The van der Waals surface area contributed by atoms with Crippen LogP contribution in [0, 0.1) is 0 Å². The first-order valence-electron chi connectivity index (χ1n) is 4.92. The van der Waals surface area contributed by atoms with Crippen molar-refractivity contribution in [2.24, 2.45) is 0 Å². The first-order valence-corrected chi connectivity index (χ1v) is 7.18. The maximum atomic E-state index is 6.24. The van der Waals surface area contributed by atoms with Crippen molar-refractivity contribution >= 4 is 50.7 Å². The fraction of sp³-hybridized carbons (Fsp3) is 0.0769. The smallest absolute Gasteiger partial charge is 0.0671 e. The molecule has 0 N–H and O–H groups in total. The standard InChI is InChI=1S/C13H8BrCl3/c14-7-8-4-5-9(12(16)6-8)10-2-1-3-11(15)13(10)17/h1-6H,7H2. The molecule has 2 aromatic carbocycles. The van der Waals surface area contributed by atoms with E-state index in [4.69, 9.17) is 34.8 Å². The van der Waals surface area contributed by atoms with E-state index in [1.807, 2.05) is 30.3 Å². The SMILES string of the molecule is Clc1cc(CBr)ccc1-c1cccc(Cl)c1Cl. The zero-order chi connectivity index (χ0) is 12.4. The Morgan fingerprint density at radius 2 is 1.65 bits per heavy atom. The molecule has 0 aromatic heterocycles. The van der Waals surface area contributed by atoms with Crippen LogP contribution in [0.5, 0.6) is 0 Å². The molecule has 0 atom stereocenters. The van der Waals surface area contributed by atoms with E-state index in [-0.39, 0.29) is 0 Å². The highest BCUT2D eigenvalue weighted by atomic mass is 79.9. The van der Waals surface area contributed by atoms with Gasteiger partial charge in [0.15, 0.2) is 0 Å².